The van der Waals surface area contributed by atoms with Gasteiger partial charge in [0.25, 0.3) is 0 Å². The fourth-order valence-corrected chi connectivity index (χ4v) is 0.507. The second-order valence-corrected chi connectivity index (χ2v) is 1.46. The van der Waals surface area contributed by atoms with Gasteiger partial charge in [0.15, 0.2) is 6.79 Å². The zero-order valence-corrected chi connectivity index (χ0v) is 4.82. The Morgan fingerprint density at radius 1 is 1.67 bits per heavy atom. The lowest BCUT2D eigenvalue weighted by molar-refractivity contribution is 0.0982. The van der Waals surface area contributed by atoms with Crippen LogP contribution in [0.1, 0.15) is 0 Å². The van der Waals surface area contributed by atoms with Crippen molar-refractivity contribution in [2.45, 2.75) is 0 Å². The first kappa shape index (κ1) is 6.04. The predicted octanol–water partition coefficient (Wildman–Crippen LogP) is 0.410. The summed E-state index contributed by atoms with van der Waals surface area (Å²) in [5, 5.41) is 8.27. The minimum atomic E-state index is -0.300. The second-order valence-electron chi connectivity index (χ2n) is 1.46. The molecule has 0 amide bonds. The van der Waals surface area contributed by atoms with Crippen LogP contribution in [0.3, 0.4) is 0 Å². The molecule has 9 heavy (non-hydrogen) atoms. The smallest absolute Gasteiger partial charge is 0.186 e. The van der Waals surface area contributed by atoms with Crippen molar-refractivity contribution in [2.75, 3.05) is 6.79 Å². The molecule has 1 aromatic heterocycles. The maximum absolute atomic E-state index is 8.27. The van der Waals surface area contributed by atoms with E-state index < -0.39 is 0 Å². The quantitative estimate of drug-likeness (QED) is 0.582. The topological polar surface area (TPSA) is 42.4 Å². The Bertz CT molecular complexity index is 164. The molecule has 48 valence electrons. The van der Waals surface area contributed by atoms with Crippen molar-refractivity contribution in [3.05, 3.63) is 24.5 Å². The van der Waals surface area contributed by atoms with Crippen molar-refractivity contribution in [3.63, 3.8) is 0 Å². The molecule has 0 bridgehead atoms. The molecule has 0 aliphatic rings. The van der Waals surface area contributed by atoms with Crippen LogP contribution in [0, 0.1) is 0 Å². The van der Waals surface area contributed by atoms with E-state index in [-0.39, 0.29) is 6.79 Å². The summed E-state index contributed by atoms with van der Waals surface area (Å²) in [5.41, 5.74) is 0. The molecule has 0 unspecified atom stereocenters. The van der Waals surface area contributed by atoms with Gasteiger partial charge in [0.05, 0.1) is 6.20 Å². The average Bonchev–Trinajstić information content (AvgIpc) is 1.91. The largest absolute Gasteiger partial charge is 0.466 e. The van der Waals surface area contributed by atoms with Gasteiger partial charge in [0.2, 0.25) is 0 Å². The first-order chi connectivity index (χ1) is 4.43. The van der Waals surface area contributed by atoms with Crippen molar-refractivity contribution in [1.82, 2.24) is 4.98 Å². The normalized spacial score (nSPS) is 9.00. The highest BCUT2D eigenvalue weighted by Gasteiger charge is 1.85. The lowest BCUT2D eigenvalue weighted by atomic mass is 10.5. The highest BCUT2D eigenvalue weighted by atomic mass is 16.6. The number of ether oxygens (including phenoxy) is 1. The van der Waals surface area contributed by atoms with Crippen molar-refractivity contribution in [1.29, 1.82) is 0 Å². The van der Waals surface area contributed by atoms with E-state index >= 15 is 0 Å². The Hall–Kier alpha value is -1.09. The van der Waals surface area contributed by atoms with Crippen molar-refractivity contribution in [3.8, 4) is 5.75 Å². The van der Waals surface area contributed by atoms with Crippen LogP contribution in [0.5, 0.6) is 5.75 Å². The van der Waals surface area contributed by atoms with Crippen LogP contribution in [-0.2, 0) is 0 Å². The van der Waals surface area contributed by atoms with Crippen LogP contribution in [0.2, 0.25) is 0 Å². The Balaban J connectivity index is 2.61. The maximum atomic E-state index is 8.27. The van der Waals surface area contributed by atoms with Crippen LogP contribution < -0.4 is 4.74 Å². The van der Waals surface area contributed by atoms with Gasteiger partial charge in [-0.25, -0.2) is 0 Å². The van der Waals surface area contributed by atoms with Gasteiger partial charge in [0.1, 0.15) is 5.75 Å². The van der Waals surface area contributed by atoms with Crippen molar-refractivity contribution < 1.29 is 9.84 Å². The minimum Gasteiger partial charge on any atom is -0.466 e. The summed E-state index contributed by atoms with van der Waals surface area (Å²) < 4.78 is 4.70. The highest BCUT2D eigenvalue weighted by molar-refractivity contribution is 5.14. The number of pyridine rings is 1. The van der Waals surface area contributed by atoms with Crippen LogP contribution in [0.15, 0.2) is 24.5 Å². The average molecular weight is 125 g/mol. The van der Waals surface area contributed by atoms with Gasteiger partial charge in [-0.1, -0.05) is 0 Å². The molecule has 1 heterocycles. The molecule has 0 aliphatic heterocycles. The van der Waals surface area contributed by atoms with Gasteiger partial charge in [-0.3, -0.25) is 4.98 Å². The van der Waals surface area contributed by atoms with E-state index in [1.807, 2.05) is 0 Å². The molecular formula is C6H7NO2. The van der Waals surface area contributed by atoms with Crippen molar-refractivity contribution in [2.24, 2.45) is 0 Å². The van der Waals surface area contributed by atoms with Crippen LogP contribution in [0.25, 0.3) is 0 Å². The number of hydrogen-bond acceptors (Lipinski definition) is 3. The first-order valence-electron chi connectivity index (χ1n) is 2.57. The monoisotopic (exact) mass is 125 g/mol. The Morgan fingerprint density at radius 3 is 3.11 bits per heavy atom. The third kappa shape index (κ3) is 1.70. The molecular weight excluding hydrogens is 118 g/mol. The highest BCUT2D eigenvalue weighted by Crippen LogP contribution is 2.04. The Morgan fingerprint density at radius 2 is 2.56 bits per heavy atom. The zero-order chi connectivity index (χ0) is 6.53. The lowest BCUT2D eigenvalue weighted by Gasteiger charge is -1.97. The summed E-state index contributed by atoms with van der Waals surface area (Å²) in [4.78, 5) is 3.77. The van der Waals surface area contributed by atoms with Gasteiger partial charge in [-0.2, -0.15) is 0 Å². The third-order valence-corrected chi connectivity index (χ3v) is 0.866. The molecule has 0 saturated heterocycles. The first-order valence-corrected chi connectivity index (χ1v) is 2.57. The van der Waals surface area contributed by atoms with Crippen LogP contribution in [-0.4, -0.2) is 16.9 Å². The summed E-state index contributed by atoms with van der Waals surface area (Å²) in [6, 6.07) is 3.47. The van der Waals surface area contributed by atoms with E-state index in [2.05, 4.69) is 4.98 Å². The summed E-state index contributed by atoms with van der Waals surface area (Å²) in [6.07, 6.45) is 3.18. The fourth-order valence-electron chi connectivity index (χ4n) is 0.507. The van der Waals surface area contributed by atoms with Gasteiger partial charge >= 0.3 is 0 Å². The number of rotatable bonds is 2. The van der Waals surface area contributed by atoms with Gasteiger partial charge in [0, 0.05) is 6.20 Å². The van der Waals surface area contributed by atoms with E-state index in [1.165, 1.54) is 6.20 Å². The number of aromatic nitrogens is 1. The zero-order valence-electron chi connectivity index (χ0n) is 4.82. The SMILES string of the molecule is OCOc1cccnc1. The third-order valence-electron chi connectivity index (χ3n) is 0.866. The number of aliphatic hydroxyl groups is 1. The van der Waals surface area contributed by atoms with E-state index in [0.717, 1.165) is 0 Å². The van der Waals surface area contributed by atoms with Gasteiger partial charge in [-0.15, -0.1) is 0 Å². The summed E-state index contributed by atoms with van der Waals surface area (Å²) >= 11 is 0. The Kier molecular flexibility index (Phi) is 2.04. The van der Waals surface area contributed by atoms with Crippen LogP contribution in [0.4, 0.5) is 0 Å². The molecule has 1 rings (SSSR count). The van der Waals surface area contributed by atoms with E-state index in [0.29, 0.717) is 5.75 Å². The standard InChI is InChI=1S/C6H7NO2/c8-5-9-6-2-1-3-7-4-6/h1-4,8H,5H2. The summed E-state index contributed by atoms with van der Waals surface area (Å²) in [5.74, 6) is 0.583. The van der Waals surface area contributed by atoms with E-state index in [9.17, 15) is 0 Å². The molecule has 0 aliphatic carbocycles. The molecule has 3 nitrogen and oxygen atoms in total. The Labute approximate surface area is 52.9 Å². The van der Waals surface area contributed by atoms with Crippen LogP contribution >= 0.6 is 0 Å². The minimum absolute atomic E-state index is 0.300. The molecule has 0 aromatic carbocycles. The number of hydrogen-bond donors (Lipinski definition) is 1. The van der Waals surface area contributed by atoms with Gasteiger partial charge < -0.3 is 9.84 Å². The molecule has 1 N–H and O–H groups in total. The fraction of sp³-hybridized carbons (Fsp3) is 0.167. The molecule has 0 radical (unpaired) electrons. The van der Waals surface area contributed by atoms with E-state index in [1.54, 1.807) is 18.3 Å². The maximum Gasteiger partial charge on any atom is 0.186 e. The predicted molar refractivity (Wildman–Crippen MR) is 32.0 cm³/mol. The molecule has 0 spiro atoms. The molecule has 0 atom stereocenters. The van der Waals surface area contributed by atoms with E-state index in [4.69, 9.17) is 9.84 Å². The summed E-state index contributed by atoms with van der Waals surface area (Å²) in [6.45, 7) is -0.300. The summed E-state index contributed by atoms with van der Waals surface area (Å²) in [7, 11) is 0. The molecule has 0 fully saturated rings. The number of aliphatic hydroxyl groups excluding tert-OH is 1. The number of nitrogens with zero attached hydrogens (tertiary/aromatic N) is 1. The molecule has 1 aromatic rings. The van der Waals surface area contributed by atoms with Crippen molar-refractivity contribution >= 4 is 0 Å². The lowest BCUT2D eigenvalue weighted by Crippen LogP contribution is -1.93. The molecule has 0 saturated carbocycles. The van der Waals surface area contributed by atoms with Gasteiger partial charge in [-0.05, 0) is 12.1 Å². The molecule has 3 heteroatoms. The second kappa shape index (κ2) is 3.04.